The molecule has 3 fully saturated rings. The summed E-state index contributed by atoms with van der Waals surface area (Å²) in [6, 6.07) is 18.3. The van der Waals surface area contributed by atoms with Crippen LogP contribution in [0.25, 0.3) is 10.8 Å². The van der Waals surface area contributed by atoms with E-state index in [9.17, 15) is 4.79 Å². The van der Waals surface area contributed by atoms with Crippen LogP contribution in [0.1, 0.15) is 12.8 Å². The third-order valence-electron chi connectivity index (χ3n) is 7.71. The van der Waals surface area contributed by atoms with Gasteiger partial charge in [0.1, 0.15) is 0 Å². The second-order valence-electron chi connectivity index (χ2n) is 10.1. The van der Waals surface area contributed by atoms with Crippen LogP contribution in [0, 0.1) is 0 Å². The van der Waals surface area contributed by atoms with Gasteiger partial charge in [0.15, 0.2) is 11.6 Å². The number of aromatic nitrogens is 2. The number of benzene rings is 2. The van der Waals surface area contributed by atoms with Gasteiger partial charge in [-0.2, -0.15) is 0 Å². The first-order valence-corrected chi connectivity index (χ1v) is 13.4. The van der Waals surface area contributed by atoms with E-state index in [1.165, 1.54) is 12.8 Å². The quantitative estimate of drug-likeness (QED) is 0.575. The summed E-state index contributed by atoms with van der Waals surface area (Å²) < 4.78 is 5.79. The van der Waals surface area contributed by atoms with Crippen molar-refractivity contribution in [2.45, 2.75) is 18.9 Å². The van der Waals surface area contributed by atoms with Gasteiger partial charge in [0.2, 0.25) is 0 Å². The SMILES string of the molecule is O=C(Nc1ccc2ccccc2c1)N1CCN(c2ccc(N3CCN(CC4CCCO4)CC3)nn2)CC1. The molecule has 2 amide bonds. The molecule has 0 saturated carbocycles. The van der Waals surface area contributed by atoms with Crippen LogP contribution in [0.5, 0.6) is 0 Å². The van der Waals surface area contributed by atoms with Crippen LogP contribution in [-0.4, -0.2) is 97.6 Å². The Kier molecular flexibility index (Phi) is 7.05. The van der Waals surface area contributed by atoms with Crippen LogP contribution in [0.3, 0.4) is 0 Å². The predicted molar refractivity (Wildman–Crippen MR) is 146 cm³/mol. The Hall–Kier alpha value is -3.43. The Morgan fingerprint density at radius 2 is 1.51 bits per heavy atom. The number of urea groups is 1. The molecule has 37 heavy (non-hydrogen) atoms. The number of hydrogen-bond acceptors (Lipinski definition) is 7. The molecular formula is C28H35N7O2. The number of amides is 2. The third-order valence-corrected chi connectivity index (χ3v) is 7.71. The Morgan fingerprint density at radius 3 is 2.16 bits per heavy atom. The van der Waals surface area contributed by atoms with Crippen LogP contribution < -0.4 is 15.1 Å². The highest BCUT2D eigenvalue weighted by Gasteiger charge is 2.25. The molecule has 0 bridgehead atoms. The first-order valence-electron chi connectivity index (χ1n) is 13.4. The van der Waals surface area contributed by atoms with E-state index >= 15 is 0 Å². The molecular weight excluding hydrogens is 466 g/mol. The second kappa shape index (κ2) is 10.9. The Balaban J connectivity index is 0.975. The molecule has 9 heteroatoms. The van der Waals surface area contributed by atoms with Gasteiger partial charge in [0, 0.05) is 71.2 Å². The highest BCUT2D eigenvalue weighted by atomic mass is 16.5. The van der Waals surface area contributed by atoms with E-state index in [1.54, 1.807) is 0 Å². The lowest BCUT2D eigenvalue weighted by molar-refractivity contribution is 0.0712. The number of piperazine rings is 2. The summed E-state index contributed by atoms with van der Waals surface area (Å²) in [5.74, 6) is 1.81. The Bertz CT molecular complexity index is 1200. The third kappa shape index (κ3) is 5.62. The number of nitrogens with one attached hydrogen (secondary N) is 1. The van der Waals surface area contributed by atoms with Gasteiger partial charge in [0.05, 0.1) is 6.10 Å². The number of anilines is 3. The number of fused-ring (bicyclic) bond motifs is 1. The molecule has 194 valence electrons. The number of rotatable bonds is 5. The van der Waals surface area contributed by atoms with Crippen molar-refractivity contribution < 1.29 is 9.53 Å². The number of ether oxygens (including phenoxy) is 1. The first-order chi connectivity index (χ1) is 18.2. The number of carbonyl (C=O) groups is 1. The van der Waals surface area contributed by atoms with Gasteiger partial charge in [-0.1, -0.05) is 30.3 Å². The van der Waals surface area contributed by atoms with Gasteiger partial charge < -0.3 is 24.8 Å². The lowest BCUT2D eigenvalue weighted by Crippen LogP contribution is -2.50. The molecule has 3 aliphatic heterocycles. The lowest BCUT2D eigenvalue weighted by Gasteiger charge is -2.37. The summed E-state index contributed by atoms with van der Waals surface area (Å²) in [4.78, 5) is 21.7. The van der Waals surface area contributed by atoms with E-state index in [4.69, 9.17) is 4.74 Å². The lowest BCUT2D eigenvalue weighted by atomic mass is 10.1. The summed E-state index contributed by atoms with van der Waals surface area (Å²) in [6.45, 7) is 8.73. The fraction of sp³-hybridized carbons (Fsp3) is 0.464. The Labute approximate surface area is 218 Å². The van der Waals surface area contributed by atoms with Crippen LogP contribution in [0.2, 0.25) is 0 Å². The van der Waals surface area contributed by atoms with E-state index in [0.717, 1.165) is 80.5 Å². The molecule has 1 atom stereocenters. The van der Waals surface area contributed by atoms with Gasteiger partial charge in [0.25, 0.3) is 0 Å². The summed E-state index contributed by atoms with van der Waals surface area (Å²) in [5.41, 5.74) is 0.820. The smallest absolute Gasteiger partial charge is 0.321 e. The number of nitrogens with zero attached hydrogens (tertiary/aromatic N) is 6. The minimum Gasteiger partial charge on any atom is -0.377 e. The standard InChI is InChI=1S/C28H35N7O2/c36-28(29-24-8-7-22-4-1-2-5-23(22)20-24)35-17-15-34(16-18-35)27-10-9-26(30-31-27)33-13-11-32(12-14-33)21-25-6-3-19-37-25/h1-2,4-5,7-10,20,25H,3,6,11-19,21H2,(H,29,36). The van der Waals surface area contributed by atoms with Crippen molar-refractivity contribution in [3.63, 3.8) is 0 Å². The molecule has 0 radical (unpaired) electrons. The highest BCUT2D eigenvalue weighted by Crippen LogP contribution is 2.21. The van der Waals surface area contributed by atoms with Crippen molar-refractivity contribution in [3.05, 3.63) is 54.6 Å². The van der Waals surface area contributed by atoms with E-state index in [1.807, 2.05) is 35.2 Å². The fourth-order valence-corrected chi connectivity index (χ4v) is 5.50. The van der Waals surface area contributed by atoms with Crippen molar-refractivity contribution in [2.24, 2.45) is 0 Å². The molecule has 3 aliphatic rings. The molecule has 6 rings (SSSR count). The highest BCUT2D eigenvalue weighted by molar-refractivity contribution is 5.93. The Morgan fingerprint density at radius 1 is 0.838 bits per heavy atom. The molecule has 9 nitrogen and oxygen atoms in total. The maximum absolute atomic E-state index is 12.8. The first kappa shape index (κ1) is 23.9. The van der Waals surface area contributed by atoms with Crippen LogP contribution in [-0.2, 0) is 4.74 Å². The van der Waals surface area contributed by atoms with Crippen molar-refractivity contribution in [2.75, 3.05) is 80.6 Å². The van der Waals surface area contributed by atoms with Gasteiger partial charge >= 0.3 is 6.03 Å². The number of carbonyl (C=O) groups excluding carboxylic acids is 1. The average Bonchev–Trinajstić information content (AvgIpc) is 3.47. The van der Waals surface area contributed by atoms with Gasteiger partial charge in [-0.05, 0) is 47.9 Å². The van der Waals surface area contributed by atoms with E-state index < -0.39 is 0 Å². The van der Waals surface area contributed by atoms with Crippen molar-refractivity contribution in [1.29, 1.82) is 0 Å². The predicted octanol–water partition coefficient (Wildman–Crippen LogP) is 3.28. The molecule has 1 unspecified atom stereocenters. The fourth-order valence-electron chi connectivity index (χ4n) is 5.50. The monoisotopic (exact) mass is 501 g/mol. The molecule has 2 aromatic carbocycles. The number of hydrogen-bond donors (Lipinski definition) is 1. The molecule has 1 N–H and O–H groups in total. The molecule has 0 spiro atoms. The minimum atomic E-state index is -0.0602. The molecule has 3 saturated heterocycles. The van der Waals surface area contributed by atoms with Crippen LogP contribution >= 0.6 is 0 Å². The summed E-state index contributed by atoms with van der Waals surface area (Å²) in [7, 11) is 0. The van der Waals surface area contributed by atoms with E-state index in [-0.39, 0.29) is 6.03 Å². The average molecular weight is 502 g/mol. The molecule has 3 aromatic rings. The van der Waals surface area contributed by atoms with Gasteiger partial charge in [-0.25, -0.2) is 4.79 Å². The largest absolute Gasteiger partial charge is 0.377 e. The maximum atomic E-state index is 12.8. The summed E-state index contributed by atoms with van der Waals surface area (Å²) in [6.07, 6.45) is 2.80. The zero-order valence-electron chi connectivity index (χ0n) is 21.3. The minimum absolute atomic E-state index is 0.0602. The van der Waals surface area contributed by atoms with Crippen LogP contribution in [0.15, 0.2) is 54.6 Å². The molecule has 4 heterocycles. The van der Waals surface area contributed by atoms with Crippen molar-refractivity contribution in [1.82, 2.24) is 20.0 Å². The normalized spacial score (nSPS) is 21.0. The summed E-state index contributed by atoms with van der Waals surface area (Å²) in [5, 5.41) is 14.4. The zero-order chi connectivity index (χ0) is 25.0. The van der Waals surface area contributed by atoms with E-state index in [0.29, 0.717) is 19.2 Å². The molecule has 0 aliphatic carbocycles. The van der Waals surface area contributed by atoms with Crippen molar-refractivity contribution >= 4 is 34.1 Å². The van der Waals surface area contributed by atoms with E-state index in [2.05, 4.69) is 54.5 Å². The zero-order valence-corrected chi connectivity index (χ0v) is 21.3. The summed E-state index contributed by atoms with van der Waals surface area (Å²) >= 11 is 0. The topological polar surface area (TPSA) is 77.1 Å². The van der Waals surface area contributed by atoms with Crippen LogP contribution in [0.4, 0.5) is 22.1 Å². The maximum Gasteiger partial charge on any atom is 0.321 e. The molecule has 1 aromatic heterocycles. The van der Waals surface area contributed by atoms with Crippen molar-refractivity contribution in [3.8, 4) is 0 Å². The second-order valence-corrected chi connectivity index (χ2v) is 10.1. The van der Waals surface area contributed by atoms with Gasteiger partial charge in [-0.15, -0.1) is 10.2 Å². The van der Waals surface area contributed by atoms with Gasteiger partial charge in [-0.3, -0.25) is 4.90 Å².